The van der Waals surface area contributed by atoms with Crippen LogP contribution < -0.4 is 15.0 Å². The summed E-state index contributed by atoms with van der Waals surface area (Å²) >= 11 is 0. The van der Waals surface area contributed by atoms with Gasteiger partial charge >= 0.3 is 0 Å². The monoisotopic (exact) mass is 367 g/mol. The number of hydrogen-bond acceptors (Lipinski definition) is 4. The van der Waals surface area contributed by atoms with Gasteiger partial charge in [-0.05, 0) is 50.1 Å². The van der Waals surface area contributed by atoms with Crippen LogP contribution >= 0.6 is 0 Å². The van der Waals surface area contributed by atoms with E-state index in [4.69, 9.17) is 4.74 Å². The smallest absolute Gasteiger partial charge is 0.238 e. The van der Waals surface area contributed by atoms with Crippen molar-refractivity contribution < 1.29 is 9.53 Å². The normalized spacial score (nSPS) is 14.9. The predicted octanol–water partition coefficient (Wildman–Crippen LogP) is 3.46. The van der Waals surface area contributed by atoms with Crippen LogP contribution in [-0.2, 0) is 4.79 Å². The van der Waals surface area contributed by atoms with Crippen LogP contribution in [-0.4, -0.2) is 50.1 Å². The SMILES string of the molecule is CCOc1ccccc1NC(=O)CN1CCN(c2cccc(C)c2C)CC1. The van der Waals surface area contributed by atoms with E-state index < -0.39 is 0 Å². The first-order chi connectivity index (χ1) is 13.1. The fourth-order valence-corrected chi connectivity index (χ4v) is 3.47. The molecule has 1 aliphatic rings. The van der Waals surface area contributed by atoms with E-state index in [1.807, 2.05) is 31.2 Å². The highest BCUT2D eigenvalue weighted by atomic mass is 16.5. The van der Waals surface area contributed by atoms with E-state index in [1.165, 1.54) is 16.8 Å². The first-order valence-electron chi connectivity index (χ1n) is 9.63. The number of hydrogen-bond donors (Lipinski definition) is 1. The highest BCUT2D eigenvalue weighted by Gasteiger charge is 2.20. The van der Waals surface area contributed by atoms with Gasteiger partial charge in [-0.25, -0.2) is 0 Å². The molecule has 0 spiro atoms. The van der Waals surface area contributed by atoms with E-state index in [0.717, 1.165) is 31.9 Å². The molecule has 1 amide bonds. The lowest BCUT2D eigenvalue weighted by atomic mass is 10.1. The van der Waals surface area contributed by atoms with Gasteiger partial charge in [0.15, 0.2) is 0 Å². The Morgan fingerprint density at radius 3 is 2.52 bits per heavy atom. The average molecular weight is 367 g/mol. The minimum atomic E-state index is 0.00217. The van der Waals surface area contributed by atoms with Crippen LogP contribution in [0.4, 0.5) is 11.4 Å². The quantitative estimate of drug-likeness (QED) is 0.849. The Morgan fingerprint density at radius 2 is 1.78 bits per heavy atom. The van der Waals surface area contributed by atoms with Gasteiger partial charge in [0.1, 0.15) is 5.75 Å². The highest BCUT2D eigenvalue weighted by Crippen LogP contribution is 2.25. The number of ether oxygens (including phenoxy) is 1. The zero-order chi connectivity index (χ0) is 19.2. The lowest BCUT2D eigenvalue weighted by molar-refractivity contribution is -0.117. The van der Waals surface area contributed by atoms with Gasteiger partial charge in [0, 0.05) is 31.9 Å². The number of anilines is 2. The molecule has 0 atom stereocenters. The molecule has 27 heavy (non-hydrogen) atoms. The van der Waals surface area contributed by atoms with Crippen molar-refractivity contribution in [1.82, 2.24) is 4.90 Å². The van der Waals surface area contributed by atoms with Crippen molar-refractivity contribution in [2.45, 2.75) is 20.8 Å². The lowest BCUT2D eigenvalue weighted by Gasteiger charge is -2.36. The number of nitrogens with zero attached hydrogens (tertiary/aromatic N) is 2. The largest absolute Gasteiger partial charge is 0.492 e. The molecule has 1 N–H and O–H groups in total. The molecular formula is C22H29N3O2. The molecule has 1 fully saturated rings. The molecular weight excluding hydrogens is 338 g/mol. The van der Waals surface area contributed by atoms with E-state index in [1.54, 1.807) is 0 Å². The molecule has 3 rings (SSSR count). The number of para-hydroxylation sites is 2. The molecule has 0 radical (unpaired) electrons. The topological polar surface area (TPSA) is 44.8 Å². The van der Waals surface area contributed by atoms with Crippen LogP contribution in [0.3, 0.4) is 0 Å². The Labute approximate surface area is 161 Å². The van der Waals surface area contributed by atoms with E-state index >= 15 is 0 Å². The Morgan fingerprint density at radius 1 is 1.04 bits per heavy atom. The third kappa shape index (κ3) is 4.80. The predicted molar refractivity (Wildman–Crippen MR) is 111 cm³/mol. The van der Waals surface area contributed by atoms with Crippen LogP contribution in [0.1, 0.15) is 18.1 Å². The standard InChI is InChI=1S/C22H29N3O2/c1-4-27-21-11-6-5-9-19(21)23-22(26)16-24-12-14-25(15-13-24)20-10-7-8-17(2)18(20)3/h5-11H,4,12-16H2,1-3H3,(H,23,26). The first kappa shape index (κ1) is 19.2. The molecule has 1 heterocycles. The van der Waals surface area contributed by atoms with Crippen molar-refractivity contribution in [2.75, 3.05) is 49.5 Å². The summed E-state index contributed by atoms with van der Waals surface area (Å²) in [5.41, 5.74) is 4.71. The Hall–Kier alpha value is -2.53. The average Bonchev–Trinajstić information content (AvgIpc) is 2.66. The third-order valence-electron chi connectivity index (χ3n) is 5.12. The van der Waals surface area contributed by atoms with Crippen LogP contribution in [0.15, 0.2) is 42.5 Å². The van der Waals surface area contributed by atoms with E-state index in [2.05, 4.69) is 47.2 Å². The van der Waals surface area contributed by atoms with Gasteiger partial charge in [-0.1, -0.05) is 24.3 Å². The summed E-state index contributed by atoms with van der Waals surface area (Å²) in [5.74, 6) is 0.718. The van der Waals surface area contributed by atoms with Crippen molar-refractivity contribution in [1.29, 1.82) is 0 Å². The minimum Gasteiger partial charge on any atom is -0.492 e. The molecule has 0 aliphatic carbocycles. The summed E-state index contributed by atoms with van der Waals surface area (Å²) < 4.78 is 5.58. The number of carbonyl (C=O) groups excluding carboxylic acids is 1. The molecule has 0 unspecified atom stereocenters. The van der Waals surface area contributed by atoms with Crippen molar-refractivity contribution in [3.8, 4) is 5.75 Å². The van der Waals surface area contributed by atoms with Gasteiger partial charge in [-0.2, -0.15) is 0 Å². The number of amides is 1. The van der Waals surface area contributed by atoms with Crippen molar-refractivity contribution in [2.24, 2.45) is 0 Å². The molecule has 5 nitrogen and oxygen atoms in total. The summed E-state index contributed by atoms with van der Waals surface area (Å²) in [6.07, 6.45) is 0. The zero-order valence-corrected chi connectivity index (χ0v) is 16.5. The fraction of sp³-hybridized carbons (Fsp3) is 0.409. The number of aryl methyl sites for hydroxylation is 1. The second-order valence-electron chi connectivity index (χ2n) is 6.96. The maximum Gasteiger partial charge on any atom is 0.238 e. The summed E-state index contributed by atoms with van der Waals surface area (Å²) in [5, 5.41) is 2.98. The van der Waals surface area contributed by atoms with Crippen LogP contribution in [0.25, 0.3) is 0 Å². The molecule has 0 aromatic heterocycles. The van der Waals surface area contributed by atoms with Gasteiger partial charge in [0.2, 0.25) is 5.91 Å². The first-order valence-corrected chi connectivity index (χ1v) is 9.63. The number of carbonyl (C=O) groups is 1. The summed E-state index contributed by atoms with van der Waals surface area (Å²) in [6, 6.07) is 14.0. The Kier molecular flexibility index (Phi) is 6.35. The van der Waals surface area contributed by atoms with Crippen molar-refractivity contribution in [3.05, 3.63) is 53.6 Å². The molecule has 2 aromatic rings. The summed E-state index contributed by atoms with van der Waals surface area (Å²) in [6.45, 7) is 10.9. The van der Waals surface area contributed by atoms with E-state index in [9.17, 15) is 4.79 Å². The maximum atomic E-state index is 12.5. The van der Waals surface area contributed by atoms with E-state index in [-0.39, 0.29) is 5.91 Å². The lowest BCUT2D eigenvalue weighted by Crippen LogP contribution is -2.48. The molecule has 1 saturated heterocycles. The minimum absolute atomic E-state index is 0.00217. The zero-order valence-electron chi connectivity index (χ0n) is 16.5. The molecule has 2 aromatic carbocycles. The van der Waals surface area contributed by atoms with Gasteiger partial charge in [-0.3, -0.25) is 9.69 Å². The van der Waals surface area contributed by atoms with Crippen LogP contribution in [0.2, 0.25) is 0 Å². The Balaban J connectivity index is 1.53. The third-order valence-corrected chi connectivity index (χ3v) is 5.12. The van der Waals surface area contributed by atoms with Crippen LogP contribution in [0.5, 0.6) is 5.75 Å². The van der Waals surface area contributed by atoms with Crippen LogP contribution in [0, 0.1) is 13.8 Å². The number of piperazine rings is 1. The molecule has 144 valence electrons. The van der Waals surface area contributed by atoms with Gasteiger partial charge < -0.3 is 15.0 Å². The maximum absolute atomic E-state index is 12.5. The van der Waals surface area contributed by atoms with Crippen molar-refractivity contribution in [3.63, 3.8) is 0 Å². The Bertz CT molecular complexity index is 783. The van der Waals surface area contributed by atoms with Gasteiger partial charge in [0.25, 0.3) is 0 Å². The fourth-order valence-electron chi connectivity index (χ4n) is 3.47. The number of benzene rings is 2. The molecule has 0 saturated carbocycles. The van der Waals surface area contributed by atoms with Gasteiger partial charge in [-0.15, -0.1) is 0 Å². The second kappa shape index (κ2) is 8.91. The number of rotatable bonds is 6. The molecule has 0 bridgehead atoms. The molecule has 5 heteroatoms. The molecule has 1 aliphatic heterocycles. The highest BCUT2D eigenvalue weighted by molar-refractivity contribution is 5.93. The van der Waals surface area contributed by atoms with E-state index in [0.29, 0.717) is 18.9 Å². The number of nitrogens with one attached hydrogen (secondary N) is 1. The van der Waals surface area contributed by atoms with Crippen molar-refractivity contribution >= 4 is 17.3 Å². The van der Waals surface area contributed by atoms with Gasteiger partial charge in [0.05, 0.1) is 18.8 Å². The summed E-state index contributed by atoms with van der Waals surface area (Å²) in [7, 11) is 0. The second-order valence-corrected chi connectivity index (χ2v) is 6.96. The summed E-state index contributed by atoms with van der Waals surface area (Å²) in [4.78, 5) is 17.1.